The highest BCUT2D eigenvalue weighted by Crippen LogP contribution is 2.28. The van der Waals surface area contributed by atoms with Crippen LogP contribution in [0.3, 0.4) is 0 Å². The summed E-state index contributed by atoms with van der Waals surface area (Å²) in [6.45, 7) is 4.83. The van der Waals surface area contributed by atoms with Crippen molar-refractivity contribution in [2.75, 3.05) is 33.7 Å². The van der Waals surface area contributed by atoms with Gasteiger partial charge in [-0.05, 0) is 52.0 Å². The quantitative estimate of drug-likeness (QED) is 0.699. The molecule has 4 rings (SSSR count). The molecule has 0 unspecified atom stereocenters. The van der Waals surface area contributed by atoms with E-state index < -0.39 is 0 Å². The molecule has 1 aromatic carbocycles. The second kappa shape index (κ2) is 7.72. The van der Waals surface area contributed by atoms with Gasteiger partial charge in [0.15, 0.2) is 0 Å². The van der Waals surface area contributed by atoms with Crippen molar-refractivity contribution in [1.82, 2.24) is 24.6 Å². The molecule has 146 valence electrons. The number of hydrogen-bond donors (Lipinski definition) is 0. The molecule has 0 saturated carbocycles. The smallest absolute Gasteiger partial charge is 0.254 e. The number of carbonyl (C=O) groups is 1. The van der Waals surface area contributed by atoms with Gasteiger partial charge in [0.05, 0.1) is 29.0 Å². The van der Waals surface area contributed by atoms with Crippen molar-refractivity contribution < 1.29 is 4.79 Å². The molecule has 0 radical (unpaired) electrons. The number of fused-ring (bicyclic) bond motifs is 1. The zero-order valence-electron chi connectivity index (χ0n) is 16.8. The van der Waals surface area contributed by atoms with Crippen molar-refractivity contribution in [3.05, 3.63) is 48.3 Å². The zero-order valence-corrected chi connectivity index (χ0v) is 16.8. The molecular formula is C22H27N5O. The van der Waals surface area contributed by atoms with Gasteiger partial charge in [-0.3, -0.25) is 9.48 Å². The van der Waals surface area contributed by atoms with Crippen LogP contribution in [0.15, 0.2) is 42.7 Å². The molecule has 1 aliphatic heterocycles. The number of hydrogen-bond acceptors (Lipinski definition) is 4. The molecule has 6 heteroatoms. The van der Waals surface area contributed by atoms with Gasteiger partial charge in [0.1, 0.15) is 0 Å². The van der Waals surface area contributed by atoms with E-state index in [4.69, 9.17) is 4.98 Å². The topological polar surface area (TPSA) is 54.3 Å². The molecular weight excluding hydrogens is 350 g/mol. The molecule has 1 aliphatic rings. The first-order valence-electron chi connectivity index (χ1n) is 9.95. The molecule has 1 amide bonds. The number of piperidine rings is 1. The average molecular weight is 377 g/mol. The third-order valence-corrected chi connectivity index (χ3v) is 5.73. The summed E-state index contributed by atoms with van der Waals surface area (Å²) in [6, 6.07) is 10.2. The summed E-state index contributed by atoms with van der Waals surface area (Å²) in [5.41, 5.74) is 3.28. The van der Waals surface area contributed by atoms with Crippen molar-refractivity contribution in [3.63, 3.8) is 0 Å². The fraction of sp³-hybridized carbons (Fsp3) is 0.409. The molecule has 0 bridgehead atoms. The van der Waals surface area contributed by atoms with E-state index in [0.717, 1.165) is 48.1 Å². The van der Waals surface area contributed by atoms with Gasteiger partial charge in [-0.15, -0.1) is 0 Å². The van der Waals surface area contributed by atoms with E-state index in [1.165, 1.54) is 0 Å². The summed E-state index contributed by atoms with van der Waals surface area (Å²) in [5, 5.41) is 5.50. The Hall–Kier alpha value is -2.73. The number of aromatic nitrogens is 3. The van der Waals surface area contributed by atoms with Crippen LogP contribution in [0.2, 0.25) is 0 Å². The minimum Gasteiger partial charge on any atom is -0.342 e. The van der Waals surface area contributed by atoms with Crippen LogP contribution in [0.4, 0.5) is 0 Å². The molecule has 3 heterocycles. The maximum atomic E-state index is 12.9. The number of para-hydroxylation sites is 1. The van der Waals surface area contributed by atoms with Gasteiger partial charge in [-0.25, -0.2) is 4.98 Å². The van der Waals surface area contributed by atoms with Crippen molar-refractivity contribution in [3.8, 4) is 11.3 Å². The number of carbonyl (C=O) groups excluding carboxylic acids is 1. The number of rotatable bonds is 4. The van der Waals surface area contributed by atoms with E-state index in [-0.39, 0.29) is 5.91 Å². The number of amides is 1. The van der Waals surface area contributed by atoms with Gasteiger partial charge in [-0.2, -0.15) is 5.10 Å². The highest BCUT2D eigenvalue weighted by molar-refractivity contribution is 6.07. The van der Waals surface area contributed by atoms with Crippen LogP contribution in [0.1, 0.15) is 36.2 Å². The first-order chi connectivity index (χ1) is 13.6. The second-order valence-corrected chi connectivity index (χ2v) is 7.64. The summed E-state index contributed by atoms with van der Waals surface area (Å²) >= 11 is 0. The Morgan fingerprint density at radius 2 is 2.00 bits per heavy atom. The molecule has 0 aliphatic carbocycles. The second-order valence-electron chi connectivity index (χ2n) is 7.64. The van der Waals surface area contributed by atoms with Crippen LogP contribution >= 0.6 is 0 Å². The predicted molar refractivity (Wildman–Crippen MR) is 111 cm³/mol. The van der Waals surface area contributed by atoms with Crippen LogP contribution in [-0.4, -0.2) is 64.2 Å². The molecule has 6 nitrogen and oxygen atoms in total. The van der Waals surface area contributed by atoms with Gasteiger partial charge in [0.2, 0.25) is 0 Å². The van der Waals surface area contributed by atoms with E-state index in [2.05, 4.69) is 27.9 Å². The normalized spacial score (nSPS) is 15.8. The minimum atomic E-state index is 0.0186. The summed E-state index contributed by atoms with van der Waals surface area (Å²) in [5.74, 6) is 0.0186. The standard InChI is InChI=1S/C22H27N5O/c1-4-26(3)22(28)19-13-21(24-20-8-6-5-7-18(19)20)16-14-23-27(15-16)17-9-11-25(2)12-10-17/h5-8,13-15,17H,4,9-12H2,1-3H3. The first-order valence-corrected chi connectivity index (χ1v) is 9.95. The lowest BCUT2D eigenvalue weighted by Gasteiger charge is -2.28. The van der Waals surface area contributed by atoms with E-state index in [1.807, 2.05) is 50.5 Å². The Bertz CT molecular complexity index is 988. The highest BCUT2D eigenvalue weighted by atomic mass is 16.2. The molecule has 28 heavy (non-hydrogen) atoms. The Kier molecular flexibility index (Phi) is 5.13. The van der Waals surface area contributed by atoms with Crippen molar-refractivity contribution in [2.45, 2.75) is 25.8 Å². The third kappa shape index (κ3) is 3.52. The Morgan fingerprint density at radius 1 is 1.25 bits per heavy atom. The van der Waals surface area contributed by atoms with Gasteiger partial charge in [0, 0.05) is 30.7 Å². The molecule has 1 fully saturated rings. The Morgan fingerprint density at radius 3 is 2.75 bits per heavy atom. The Labute approximate surface area is 165 Å². The summed E-state index contributed by atoms with van der Waals surface area (Å²) in [4.78, 5) is 21.8. The largest absolute Gasteiger partial charge is 0.342 e. The van der Waals surface area contributed by atoms with Crippen LogP contribution in [0, 0.1) is 0 Å². The lowest BCUT2D eigenvalue weighted by atomic mass is 10.0. The van der Waals surface area contributed by atoms with Gasteiger partial charge < -0.3 is 9.80 Å². The van der Waals surface area contributed by atoms with Crippen molar-refractivity contribution in [1.29, 1.82) is 0 Å². The van der Waals surface area contributed by atoms with Gasteiger partial charge in [0.25, 0.3) is 5.91 Å². The van der Waals surface area contributed by atoms with E-state index in [1.54, 1.807) is 4.90 Å². The van der Waals surface area contributed by atoms with Crippen molar-refractivity contribution in [2.24, 2.45) is 0 Å². The van der Waals surface area contributed by atoms with Gasteiger partial charge >= 0.3 is 0 Å². The van der Waals surface area contributed by atoms with E-state index >= 15 is 0 Å². The van der Waals surface area contributed by atoms with Crippen LogP contribution in [-0.2, 0) is 0 Å². The number of benzene rings is 1. The highest BCUT2D eigenvalue weighted by Gasteiger charge is 2.21. The summed E-state index contributed by atoms with van der Waals surface area (Å²) < 4.78 is 2.07. The minimum absolute atomic E-state index is 0.0186. The molecule has 0 spiro atoms. The molecule has 1 saturated heterocycles. The summed E-state index contributed by atoms with van der Waals surface area (Å²) in [7, 11) is 3.99. The maximum absolute atomic E-state index is 12.9. The monoisotopic (exact) mass is 377 g/mol. The number of pyridine rings is 1. The lowest BCUT2D eigenvalue weighted by Crippen LogP contribution is -2.31. The maximum Gasteiger partial charge on any atom is 0.254 e. The molecule has 0 N–H and O–H groups in total. The fourth-order valence-corrected chi connectivity index (χ4v) is 3.78. The number of likely N-dealkylation sites (tertiary alicyclic amines) is 1. The SMILES string of the molecule is CCN(C)C(=O)c1cc(-c2cnn(C3CCN(C)CC3)c2)nc2ccccc12. The Balaban J connectivity index is 1.72. The first kappa shape index (κ1) is 18.6. The molecule has 3 aromatic rings. The van der Waals surface area contributed by atoms with Crippen LogP contribution < -0.4 is 0 Å². The molecule has 2 aromatic heterocycles. The van der Waals surface area contributed by atoms with E-state index in [0.29, 0.717) is 18.2 Å². The number of nitrogens with zero attached hydrogens (tertiary/aromatic N) is 5. The average Bonchev–Trinajstić information content (AvgIpc) is 3.22. The van der Waals surface area contributed by atoms with Gasteiger partial charge in [-0.1, -0.05) is 18.2 Å². The van der Waals surface area contributed by atoms with Crippen LogP contribution in [0.25, 0.3) is 22.2 Å². The van der Waals surface area contributed by atoms with E-state index in [9.17, 15) is 4.79 Å². The molecule has 0 atom stereocenters. The van der Waals surface area contributed by atoms with Crippen LogP contribution in [0.5, 0.6) is 0 Å². The zero-order chi connectivity index (χ0) is 19.7. The lowest BCUT2D eigenvalue weighted by molar-refractivity contribution is 0.0804. The predicted octanol–water partition coefficient (Wildman–Crippen LogP) is 3.46. The fourth-order valence-electron chi connectivity index (χ4n) is 3.78. The third-order valence-electron chi connectivity index (χ3n) is 5.73. The summed E-state index contributed by atoms with van der Waals surface area (Å²) in [6.07, 6.45) is 6.15. The van der Waals surface area contributed by atoms with Crippen molar-refractivity contribution >= 4 is 16.8 Å².